The van der Waals surface area contributed by atoms with E-state index in [0.717, 1.165) is 11.3 Å². The normalized spacial score (nSPS) is 10.8. The van der Waals surface area contributed by atoms with E-state index in [1.54, 1.807) is 23.5 Å². The maximum Gasteiger partial charge on any atom is 0.282 e. The number of carbonyl (C=O) groups excluding carboxylic acids is 1. The van der Waals surface area contributed by atoms with Crippen molar-refractivity contribution in [3.05, 3.63) is 57.0 Å². The zero-order chi connectivity index (χ0) is 18.0. The summed E-state index contributed by atoms with van der Waals surface area (Å²) in [6.45, 7) is 5.49. The molecule has 2 aromatic heterocycles. The summed E-state index contributed by atoms with van der Waals surface area (Å²) in [5.41, 5.74) is 2.43. The lowest BCUT2D eigenvalue weighted by Gasteiger charge is -2.10. The van der Waals surface area contributed by atoms with Crippen molar-refractivity contribution < 1.29 is 9.53 Å². The van der Waals surface area contributed by atoms with Gasteiger partial charge in [-0.05, 0) is 32.4 Å². The van der Waals surface area contributed by atoms with Gasteiger partial charge in [0.25, 0.3) is 11.5 Å². The molecule has 0 saturated heterocycles. The van der Waals surface area contributed by atoms with E-state index >= 15 is 0 Å². The number of carbonyl (C=O) groups is 1. The van der Waals surface area contributed by atoms with Crippen molar-refractivity contribution in [2.45, 2.75) is 27.2 Å². The first-order valence-corrected chi connectivity index (χ1v) is 8.86. The van der Waals surface area contributed by atoms with Crippen LogP contribution in [0.25, 0.3) is 4.96 Å². The summed E-state index contributed by atoms with van der Waals surface area (Å²) >= 11 is 1.42. The van der Waals surface area contributed by atoms with Gasteiger partial charge in [0, 0.05) is 11.1 Å². The Morgan fingerprint density at radius 2 is 2.00 bits per heavy atom. The first-order valence-electron chi connectivity index (χ1n) is 7.98. The summed E-state index contributed by atoms with van der Waals surface area (Å²) in [6, 6.07) is 7.42. The standard InChI is InChI=1S/C18H19N3O3S/c1-4-13-10-25-18-19-12(3)16(17(23)21(13)18)20-15(22)9-24-14-7-5-11(2)6-8-14/h5-8,10H,4,9H2,1-3H3,(H,20,22). The maximum atomic E-state index is 12.7. The van der Waals surface area contributed by atoms with Crippen molar-refractivity contribution in [1.29, 1.82) is 0 Å². The number of hydrogen-bond acceptors (Lipinski definition) is 5. The molecule has 0 atom stereocenters. The van der Waals surface area contributed by atoms with Crippen LogP contribution < -0.4 is 15.6 Å². The van der Waals surface area contributed by atoms with Gasteiger partial charge in [0.15, 0.2) is 11.6 Å². The van der Waals surface area contributed by atoms with E-state index in [0.29, 0.717) is 22.8 Å². The van der Waals surface area contributed by atoms with Crippen LogP contribution >= 0.6 is 11.3 Å². The molecule has 0 aliphatic carbocycles. The van der Waals surface area contributed by atoms with Crippen molar-refractivity contribution in [2.24, 2.45) is 0 Å². The number of thiazole rings is 1. The third kappa shape index (κ3) is 3.56. The van der Waals surface area contributed by atoms with Crippen LogP contribution in [0.15, 0.2) is 34.4 Å². The molecule has 6 nitrogen and oxygen atoms in total. The lowest BCUT2D eigenvalue weighted by molar-refractivity contribution is -0.118. The Morgan fingerprint density at radius 1 is 1.28 bits per heavy atom. The van der Waals surface area contributed by atoms with Crippen molar-refractivity contribution in [3.8, 4) is 5.75 Å². The Kier molecular flexibility index (Phi) is 4.85. The molecule has 2 heterocycles. The fraction of sp³-hybridized carbons (Fsp3) is 0.278. The average molecular weight is 357 g/mol. The van der Waals surface area contributed by atoms with Crippen molar-refractivity contribution >= 4 is 27.9 Å². The lowest BCUT2D eigenvalue weighted by atomic mass is 10.2. The molecule has 1 amide bonds. The maximum absolute atomic E-state index is 12.7. The molecule has 130 valence electrons. The highest BCUT2D eigenvalue weighted by atomic mass is 32.1. The van der Waals surface area contributed by atoms with E-state index in [2.05, 4.69) is 10.3 Å². The summed E-state index contributed by atoms with van der Waals surface area (Å²) in [5.74, 6) is 0.213. The molecule has 0 bridgehead atoms. The highest BCUT2D eigenvalue weighted by Gasteiger charge is 2.15. The number of aryl methyl sites for hydroxylation is 3. The number of nitrogens with one attached hydrogen (secondary N) is 1. The number of ether oxygens (including phenoxy) is 1. The number of aromatic nitrogens is 2. The van der Waals surface area contributed by atoms with Crippen LogP contribution in [0, 0.1) is 13.8 Å². The summed E-state index contributed by atoms with van der Waals surface area (Å²) in [7, 11) is 0. The van der Waals surface area contributed by atoms with E-state index in [4.69, 9.17) is 4.74 Å². The molecular weight excluding hydrogens is 338 g/mol. The van der Waals surface area contributed by atoms with Crippen LogP contribution in [0.2, 0.25) is 0 Å². The Labute approximate surface area is 149 Å². The van der Waals surface area contributed by atoms with E-state index in [9.17, 15) is 9.59 Å². The second-order valence-corrected chi connectivity index (χ2v) is 6.56. The molecule has 0 radical (unpaired) electrons. The second-order valence-electron chi connectivity index (χ2n) is 5.73. The fourth-order valence-electron chi connectivity index (χ4n) is 2.45. The zero-order valence-electron chi connectivity index (χ0n) is 14.3. The lowest BCUT2D eigenvalue weighted by Crippen LogP contribution is -2.28. The van der Waals surface area contributed by atoms with E-state index in [1.807, 2.05) is 31.4 Å². The Bertz CT molecular complexity index is 974. The van der Waals surface area contributed by atoms with Gasteiger partial charge in [-0.1, -0.05) is 24.6 Å². The smallest absolute Gasteiger partial charge is 0.282 e. The van der Waals surface area contributed by atoms with Crippen molar-refractivity contribution in [3.63, 3.8) is 0 Å². The minimum Gasteiger partial charge on any atom is -0.484 e. The Morgan fingerprint density at radius 3 is 2.68 bits per heavy atom. The molecule has 25 heavy (non-hydrogen) atoms. The van der Waals surface area contributed by atoms with Gasteiger partial charge in [-0.15, -0.1) is 11.3 Å². The summed E-state index contributed by atoms with van der Waals surface area (Å²) in [6.07, 6.45) is 0.717. The topological polar surface area (TPSA) is 72.7 Å². The quantitative estimate of drug-likeness (QED) is 0.762. The van der Waals surface area contributed by atoms with Crippen LogP contribution in [0.1, 0.15) is 23.9 Å². The third-order valence-electron chi connectivity index (χ3n) is 3.84. The van der Waals surface area contributed by atoms with E-state index < -0.39 is 5.91 Å². The summed E-state index contributed by atoms with van der Waals surface area (Å²) in [5, 5.41) is 4.55. The van der Waals surface area contributed by atoms with Crippen LogP contribution in [-0.4, -0.2) is 21.9 Å². The van der Waals surface area contributed by atoms with Crippen LogP contribution in [-0.2, 0) is 11.2 Å². The van der Waals surface area contributed by atoms with Crippen LogP contribution in [0.4, 0.5) is 5.69 Å². The summed E-state index contributed by atoms with van der Waals surface area (Å²) < 4.78 is 7.00. The number of fused-ring (bicyclic) bond motifs is 1. The van der Waals surface area contributed by atoms with Gasteiger partial charge in [0.1, 0.15) is 11.4 Å². The molecule has 7 heteroatoms. The molecular formula is C18H19N3O3S. The molecule has 1 aromatic carbocycles. The SMILES string of the molecule is CCc1csc2nc(C)c(NC(=O)COc3ccc(C)cc3)c(=O)n12. The molecule has 3 rings (SSSR count). The van der Waals surface area contributed by atoms with Gasteiger partial charge in [-0.25, -0.2) is 4.98 Å². The van der Waals surface area contributed by atoms with Gasteiger partial charge < -0.3 is 10.1 Å². The second kappa shape index (κ2) is 7.06. The molecule has 0 aliphatic rings. The molecule has 0 spiro atoms. The largest absolute Gasteiger partial charge is 0.484 e. The van der Waals surface area contributed by atoms with Gasteiger partial charge in [0.05, 0.1) is 5.69 Å². The Balaban J connectivity index is 1.78. The van der Waals surface area contributed by atoms with Gasteiger partial charge in [-0.2, -0.15) is 0 Å². The first-order chi connectivity index (χ1) is 12.0. The predicted molar refractivity (Wildman–Crippen MR) is 98.8 cm³/mol. The molecule has 3 aromatic rings. The molecule has 0 saturated carbocycles. The number of benzene rings is 1. The van der Waals surface area contributed by atoms with Gasteiger partial charge in [0.2, 0.25) is 0 Å². The monoisotopic (exact) mass is 357 g/mol. The molecule has 0 unspecified atom stereocenters. The summed E-state index contributed by atoms with van der Waals surface area (Å²) in [4.78, 5) is 29.9. The third-order valence-corrected chi connectivity index (χ3v) is 4.71. The minimum absolute atomic E-state index is 0.172. The molecule has 1 N–H and O–H groups in total. The predicted octanol–water partition coefficient (Wildman–Crippen LogP) is 2.95. The van der Waals surface area contributed by atoms with Crippen molar-refractivity contribution in [1.82, 2.24) is 9.38 Å². The number of rotatable bonds is 5. The van der Waals surface area contributed by atoms with Crippen molar-refractivity contribution in [2.75, 3.05) is 11.9 Å². The first kappa shape index (κ1) is 17.2. The van der Waals surface area contributed by atoms with Crippen LogP contribution in [0.5, 0.6) is 5.75 Å². The molecule has 0 fully saturated rings. The average Bonchev–Trinajstić information content (AvgIpc) is 3.01. The number of amides is 1. The fourth-order valence-corrected chi connectivity index (χ4v) is 3.46. The number of anilines is 1. The highest BCUT2D eigenvalue weighted by molar-refractivity contribution is 7.15. The van der Waals surface area contributed by atoms with E-state index in [1.165, 1.54) is 11.3 Å². The number of nitrogens with zero attached hydrogens (tertiary/aromatic N) is 2. The highest BCUT2D eigenvalue weighted by Crippen LogP contribution is 2.17. The van der Waals surface area contributed by atoms with Crippen LogP contribution in [0.3, 0.4) is 0 Å². The molecule has 0 aliphatic heterocycles. The van der Waals surface area contributed by atoms with Gasteiger partial charge >= 0.3 is 0 Å². The Hall–Kier alpha value is -2.67. The minimum atomic E-state index is -0.393. The zero-order valence-corrected chi connectivity index (χ0v) is 15.1. The van der Waals surface area contributed by atoms with E-state index in [-0.39, 0.29) is 17.9 Å². The number of hydrogen-bond donors (Lipinski definition) is 1. The van der Waals surface area contributed by atoms with Gasteiger partial charge in [-0.3, -0.25) is 14.0 Å².